The van der Waals surface area contributed by atoms with E-state index in [1.807, 2.05) is 0 Å². The molecule has 146 valence electrons. The molecule has 1 saturated carbocycles. The van der Waals surface area contributed by atoms with E-state index in [9.17, 15) is 13.2 Å². The van der Waals surface area contributed by atoms with E-state index in [-0.39, 0.29) is 21.9 Å². The third kappa shape index (κ3) is 5.80. The topological polar surface area (TPSA) is 110 Å². The Hall–Kier alpha value is -1.88. The molecule has 1 aromatic heterocycles. The number of carbonyl (C=O) groups is 1. The van der Waals surface area contributed by atoms with Crippen LogP contribution in [-0.2, 0) is 14.8 Å². The van der Waals surface area contributed by atoms with Crippen LogP contribution in [0.5, 0.6) is 0 Å². The number of hydrogen-bond acceptors (Lipinski definition) is 7. The Kier molecular flexibility index (Phi) is 6.89. The normalized spacial score (nSPS) is 15.1. The number of aromatic nitrogens is 2. The highest BCUT2D eigenvalue weighted by atomic mass is 32.2. The average molecular weight is 411 g/mol. The zero-order valence-corrected chi connectivity index (χ0v) is 16.4. The van der Waals surface area contributed by atoms with Gasteiger partial charge in [-0.1, -0.05) is 42.4 Å². The van der Waals surface area contributed by atoms with Gasteiger partial charge in [0.1, 0.15) is 0 Å². The van der Waals surface area contributed by atoms with Crippen LogP contribution in [-0.4, -0.2) is 43.8 Å². The van der Waals surface area contributed by atoms with Gasteiger partial charge in [0, 0.05) is 18.7 Å². The molecule has 1 aromatic carbocycles. The molecule has 27 heavy (non-hydrogen) atoms. The Balaban J connectivity index is 1.46. The Labute approximate surface area is 162 Å². The van der Waals surface area contributed by atoms with E-state index < -0.39 is 10.0 Å². The van der Waals surface area contributed by atoms with E-state index in [0.717, 1.165) is 24.2 Å². The van der Waals surface area contributed by atoms with Crippen LogP contribution in [0.1, 0.15) is 42.5 Å². The third-order valence-electron chi connectivity index (χ3n) is 4.16. The number of hydrogen-bond donors (Lipinski definition) is 2. The van der Waals surface area contributed by atoms with E-state index in [2.05, 4.69) is 20.2 Å². The number of carbonyl (C=O) groups excluding carboxylic acids is 1. The lowest BCUT2D eigenvalue weighted by atomic mass is 10.2. The van der Waals surface area contributed by atoms with Gasteiger partial charge < -0.3 is 4.74 Å². The van der Waals surface area contributed by atoms with E-state index in [4.69, 9.17) is 4.74 Å². The van der Waals surface area contributed by atoms with Crippen molar-refractivity contribution in [3.63, 3.8) is 0 Å². The van der Waals surface area contributed by atoms with Crippen LogP contribution in [0, 0.1) is 0 Å². The number of nitrogens with zero attached hydrogens (tertiary/aromatic N) is 2. The summed E-state index contributed by atoms with van der Waals surface area (Å²) in [6, 6.07) is 8.60. The summed E-state index contributed by atoms with van der Waals surface area (Å²) < 4.78 is 32.5. The van der Waals surface area contributed by atoms with Crippen LogP contribution in [0.2, 0.25) is 0 Å². The molecule has 8 nitrogen and oxygen atoms in total. The van der Waals surface area contributed by atoms with Crippen molar-refractivity contribution in [2.24, 2.45) is 0 Å². The van der Waals surface area contributed by atoms with Gasteiger partial charge in [-0.25, -0.2) is 13.1 Å². The third-order valence-corrected chi connectivity index (χ3v) is 6.83. The summed E-state index contributed by atoms with van der Waals surface area (Å²) in [4.78, 5) is 12.1. The summed E-state index contributed by atoms with van der Waals surface area (Å²) in [6.07, 6.45) is 5.50. The van der Waals surface area contributed by atoms with Crippen molar-refractivity contribution in [3.8, 4) is 0 Å². The van der Waals surface area contributed by atoms with Gasteiger partial charge >= 0.3 is 0 Å². The molecule has 1 heterocycles. The van der Waals surface area contributed by atoms with E-state index in [1.165, 1.54) is 12.8 Å². The van der Waals surface area contributed by atoms with Crippen LogP contribution in [0.4, 0.5) is 5.13 Å². The molecular formula is C17H22N4O4S2. The number of anilines is 1. The van der Waals surface area contributed by atoms with Gasteiger partial charge in [0.15, 0.2) is 0 Å². The van der Waals surface area contributed by atoms with Crippen LogP contribution < -0.4 is 10.0 Å². The maximum Gasteiger partial charge on any atom is 0.269 e. The highest BCUT2D eigenvalue weighted by Crippen LogP contribution is 2.21. The first-order valence-corrected chi connectivity index (χ1v) is 11.2. The summed E-state index contributed by atoms with van der Waals surface area (Å²) in [5.41, 5.74) is 0.456. The van der Waals surface area contributed by atoms with Gasteiger partial charge in [-0.2, -0.15) is 0 Å². The minimum absolute atomic E-state index is 0.133. The van der Waals surface area contributed by atoms with E-state index >= 15 is 0 Å². The molecule has 2 N–H and O–H groups in total. The zero-order chi connectivity index (χ0) is 19.1. The second-order valence-electron chi connectivity index (χ2n) is 6.22. The quantitative estimate of drug-likeness (QED) is 0.485. The number of amides is 1. The summed E-state index contributed by atoms with van der Waals surface area (Å²) in [5, 5.41) is 10.1. The van der Waals surface area contributed by atoms with Crippen molar-refractivity contribution in [3.05, 3.63) is 35.9 Å². The molecule has 3 rings (SSSR count). The number of ether oxygens (including phenoxy) is 1. The lowest BCUT2D eigenvalue weighted by Gasteiger charge is -2.10. The molecule has 1 aliphatic carbocycles. The smallest absolute Gasteiger partial charge is 0.269 e. The van der Waals surface area contributed by atoms with Gasteiger partial charge in [-0.3, -0.25) is 10.1 Å². The lowest BCUT2D eigenvalue weighted by Crippen LogP contribution is -2.26. The Bertz CT molecular complexity index is 849. The van der Waals surface area contributed by atoms with Crippen LogP contribution >= 0.6 is 11.3 Å². The van der Waals surface area contributed by atoms with Gasteiger partial charge in [-0.15, -0.1) is 10.2 Å². The maximum absolute atomic E-state index is 12.3. The second kappa shape index (κ2) is 9.36. The highest BCUT2D eigenvalue weighted by molar-refractivity contribution is 7.91. The SMILES string of the molecule is O=C(Nc1nnc(S(=O)(=O)NCCCOC2CCCC2)s1)c1ccccc1. The fourth-order valence-electron chi connectivity index (χ4n) is 2.77. The predicted octanol–water partition coefficient (Wildman–Crippen LogP) is 2.42. The van der Waals surface area contributed by atoms with Crippen molar-refractivity contribution in [2.45, 2.75) is 42.5 Å². The van der Waals surface area contributed by atoms with Gasteiger partial charge in [0.25, 0.3) is 15.9 Å². The Morgan fingerprint density at radius 2 is 1.93 bits per heavy atom. The first kappa shape index (κ1) is 19.9. The van der Waals surface area contributed by atoms with Crippen LogP contribution in [0.25, 0.3) is 0 Å². The molecule has 1 amide bonds. The van der Waals surface area contributed by atoms with E-state index in [1.54, 1.807) is 30.3 Å². The Morgan fingerprint density at radius 3 is 2.67 bits per heavy atom. The highest BCUT2D eigenvalue weighted by Gasteiger charge is 2.21. The molecule has 0 aliphatic heterocycles. The van der Waals surface area contributed by atoms with E-state index in [0.29, 0.717) is 24.7 Å². The van der Waals surface area contributed by atoms with Crippen molar-refractivity contribution in [2.75, 3.05) is 18.5 Å². The summed E-state index contributed by atoms with van der Waals surface area (Å²) in [5.74, 6) is -0.368. The number of rotatable bonds is 9. The largest absolute Gasteiger partial charge is 0.378 e. The second-order valence-corrected chi connectivity index (χ2v) is 9.14. The fourth-order valence-corrected chi connectivity index (χ4v) is 4.78. The summed E-state index contributed by atoms with van der Waals surface area (Å²) >= 11 is 0.811. The number of nitrogens with one attached hydrogen (secondary N) is 2. The molecule has 1 aliphatic rings. The summed E-state index contributed by atoms with van der Waals surface area (Å²) in [6.45, 7) is 0.794. The lowest BCUT2D eigenvalue weighted by molar-refractivity contribution is 0.0575. The molecule has 1 fully saturated rings. The predicted molar refractivity (Wildman–Crippen MR) is 102 cm³/mol. The molecule has 0 atom stereocenters. The first-order chi connectivity index (χ1) is 13.0. The van der Waals surface area contributed by atoms with Gasteiger partial charge in [-0.05, 0) is 31.4 Å². The molecule has 0 spiro atoms. The van der Waals surface area contributed by atoms with Crippen LogP contribution in [0.3, 0.4) is 0 Å². The van der Waals surface area contributed by atoms with Crippen molar-refractivity contribution in [1.82, 2.24) is 14.9 Å². The average Bonchev–Trinajstić information content (AvgIpc) is 3.34. The molecule has 2 aromatic rings. The Morgan fingerprint density at radius 1 is 1.19 bits per heavy atom. The molecule has 10 heteroatoms. The van der Waals surface area contributed by atoms with Crippen molar-refractivity contribution in [1.29, 1.82) is 0 Å². The molecule has 0 unspecified atom stereocenters. The zero-order valence-electron chi connectivity index (χ0n) is 14.8. The standard InChI is InChI=1S/C17H22N4O4S2/c22-15(13-7-2-1-3-8-13)19-16-20-21-17(26-16)27(23,24)18-11-6-12-25-14-9-4-5-10-14/h1-3,7-8,14,18H,4-6,9-12H2,(H,19,20,22). The monoisotopic (exact) mass is 410 g/mol. The molecule has 0 saturated heterocycles. The van der Waals surface area contributed by atoms with Gasteiger partial charge in [0.2, 0.25) is 9.47 Å². The molecular weight excluding hydrogens is 388 g/mol. The van der Waals surface area contributed by atoms with Crippen LogP contribution in [0.15, 0.2) is 34.7 Å². The molecule has 0 bridgehead atoms. The minimum atomic E-state index is -3.75. The van der Waals surface area contributed by atoms with Crippen molar-refractivity contribution < 1.29 is 17.9 Å². The first-order valence-electron chi connectivity index (χ1n) is 8.86. The minimum Gasteiger partial charge on any atom is -0.378 e. The summed E-state index contributed by atoms with van der Waals surface area (Å²) in [7, 11) is -3.75. The number of sulfonamides is 1. The van der Waals surface area contributed by atoms with Crippen molar-refractivity contribution >= 4 is 32.4 Å². The maximum atomic E-state index is 12.3. The number of benzene rings is 1. The fraction of sp³-hybridized carbons (Fsp3) is 0.471. The molecule has 0 radical (unpaired) electrons. The van der Waals surface area contributed by atoms with Gasteiger partial charge in [0.05, 0.1) is 6.10 Å².